The molecule has 0 aliphatic carbocycles. The molecule has 0 radical (unpaired) electrons. The van der Waals surface area contributed by atoms with Crippen LogP contribution in [0.3, 0.4) is 0 Å². The molecule has 1 heterocycles. The van der Waals surface area contributed by atoms with Gasteiger partial charge in [-0.25, -0.2) is 8.42 Å². The first-order valence-electron chi connectivity index (χ1n) is 7.08. The maximum Gasteiger partial charge on any atom is 0.243 e. The van der Waals surface area contributed by atoms with Crippen molar-refractivity contribution in [1.82, 2.24) is 4.31 Å². The Labute approximate surface area is 135 Å². The lowest BCUT2D eigenvalue weighted by molar-refractivity contribution is -0.122. The standard InChI is InChI=1S/C14H19ClN2O4S/c1-2-21-13-9-11(3-4-12(13)15)22(19,20)17-7-5-10(6-8-17)14(16)18/h3-4,9-10H,2,5-8H2,1H3,(H2,16,18). The van der Waals surface area contributed by atoms with Crippen molar-refractivity contribution in [1.29, 1.82) is 0 Å². The van der Waals surface area contributed by atoms with Crippen LogP contribution in [-0.4, -0.2) is 38.3 Å². The zero-order chi connectivity index (χ0) is 16.3. The SMILES string of the molecule is CCOc1cc(S(=O)(=O)N2CCC(C(N)=O)CC2)ccc1Cl. The summed E-state index contributed by atoms with van der Waals surface area (Å²) in [7, 11) is -3.63. The molecule has 0 unspecified atom stereocenters. The van der Waals surface area contributed by atoms with E-state index < -0.39 is 10.0 Å². The molecule has 0 bridgehead atoms. The van der Waals surface area contributed by atoms with Crippen molar-refractivity contribution in [3.8, 4) is 5.75 Å². The molecule has 1 fully saturated rings. The second-order valence-electron chi connectivity index (χ2n) is 5.11. The summed E-state index contributed by atoms with van der Waals surface area (Å²) >= 11 is 5.98. The Morgan fingerprint density at radius 1 is 1.41 bits per heavy atom. The van der Waals surface area contributed by atoms with Crippen LogP contribution in [0, 0.1) is 5.92 Å². The molecule has 1 aromatic carbocycles. The van der Waals surface area contributed by atoms with Crippen LogP contribution < -0.4 is 10.5 Å². The number of carbonyl (C=O) groups is 1. The van der Waals surface area contributed by atoms with Crippen molar-refractivity contribution < 1.29 is 17.9 Å². The van der Waals surface area contributed by atoms with E-state index in [0.29, 0.717) is 30.2 Å². The first-order chi connectivity index (χ1) is 10.4. The topological polar surface area (TPSA) is 89.7 Å². The summed E-state index contributed by atoms with van der Waals surface area (Å²) in [5, 5.41) is 0.369. The normalized spacial score (nSPS) is 17.4. The van der Waals surface area contributed by atoms with Gasteiger partial charge in [0.2, 0.25) is 15.9 Å². The number of carbonyl (C=O) groups excluding carboxylic acids is 1. The lowest BCUT2D eigenvalue weighted by atomic mass is 9.98. The number of nitrogens with zero attached hydrogens (tertiary/aromatic N) is 1. The lowest BCUT2D eigenvalue weighted by Crippen LogP contribution is -2.41. The Morgan fingerprint density at radius 3 is 2.59 bits per heavy atom. The molecule has 1 aliphatic rings. The average molecular weight is 347 g/mol. The number of ether oxygens (including phenoxy) is 1. The van der Waals surface area contributed by atoms with E-state index in [0.717, 1.165) is 0 Å². The van der Waals surface area contributed by atoms with Gasteiger partial charge in [-0.1, -0.05) is 11.6 Å². The third-order valence-electron chi connectivity index (χ3n) is 3.70. The summed E-state index contributed by atoms with van der Waals surface area (Å²) in [5.41, 5.74) is 5.26. The molecule has 0 saturated carbocycles. The number of halogens is 1. The van der Waals surface area contributed by atoms with Crippen molar-refractivity contribution in [2.24, 2.45) is 11.7 Å². The Kier molecular flexibility index (Phi) is 5.31. The minimum atomic E-state index is -3.63. The highest BCUT2D eigenvalue weighted by atomic mass is 35.5. The Hall–Kier alpha value is -1.31. The molecule has 1 aromatic rings. The van der Waals surface area contributed by atoms with Crippen molar-refractivity contribution in [3.05, 3.63) is 23.2 Å². The van der Waals surface area contributed by atoms with Crippen molar-refractivity contribution in [2.45, 2.75) is 24.7 Å². The molecule has 1 saturated heterocycles. The average Bonchev–Trinajstić information content (AvgIpc) is 2.49. The fourth-order valence-electron chi connectivity index (χ4n) is 2.44. The molecular weight excluding hydrogens is 328 g/mol. The number of nitrogens with two attached hydrogens (primary N) is 1. The van der Waals surface area contributed by atoms with E-state index in [1.54, 1.807) is 6.92 Å². The monoisotopic (exact) mass is 346 g/mol. The first-order valence-corrected chi connectivity index (χ1v) is 8.90. The number of primary amides is 1. The smallest absolute Gasteiger partial charge is 0.243 e. The number of benzene rings is 1. The number of hydrogen-bond acceptors (Lipinski definition) is 4. The second kappa shape index (κ2) is 6.85. The van der Waals surface area contributed by atoms with Gasteiger partial charge < -0.3 is 10.5 Å². The fraction of sp³-hybridized carbons (Fsp3) is 0.500. The summed E-state index contributed by atoms with van der Waals surface area (Å²) in [4.78, 5) is 11.3. The van der Waals surface area contributed by atoms with Gasteiger partial charge in [0, 0.05) is 25.1 Å². The van der Waals surface area contributed by atoms with E-state index in [1.165, 1.54) is 22.5 Å². The number of sulfonamides is 1. The number of piperidine rings is 1. The van der Waals surface area contributed by atoms with Gasteiger partial charge in [0.15, 0.2) is 0 Å². The maximum atomic E-state index is 12.6. The summed E-state index contributed by atoms with van der Waals surface area (Å²) in [5.74, 6) is -0.282. The Bertz CT molecular complexity index is 655. The Balaban J connectivity index is 2.21. The van der Waals surface area contributed by atoms with Gasteiger partial charge in [0.1, 0.15) is 5.75 Å². The summed E-state index contributed by atoms with van der Waals surface area (Å²) in [6, 6.07) is 4.40. The highest BCUT2D eigenvalue weighted by Gasteiger charge is 2.31. The van der Waals surface area contributed by atoms with E-state index >= 15 is 0 Å². The van der Waals surface area contributed by atoms with Crippen molar-refractivity contribution in [2.75, 3.05) is 19.7 Å². The quantitative estimate of drug-likeness (QED) is 0.877. The Morgan fingerprint density at radius 2 is 2.05 bits per heavy atom. The van der Waals surface area contributed by atoms with Crippen LogP contribution in [-0.2, 0) is 14.8 Å². The minimum absolute atomic E-state index is 0.137. The second-order valence-corrected chi connectivity index (χ2v) is 7.45. The van der Waals surface area contributed by atoms with E-state index in [2.05, 4.69) is 0 Å². The minimum Gasteiger partial charge on any atom is -0.492 e. The lowest BCUT2D eigenvalue weighted by Gasteiger charge is -2.29. The van der Waals surface area contributed by atoms with Gasteiger partial charge in [-0.2, -0.15) is 4.31 Å². The maximum absolute atomic E-state index is 12.6. The van der Waals surface area contributed by atoms with Gasteiger partial charge in [0.05, 0.1) is 16.5 Å². The number of amides is 1. The molecule has 22 heavy (non-hydrogen) atoms. The third-order valence-corrected chi connectivity index (χ3v) is 5.90. The predicted molar refractivity (Wildman–Crippen MR) is 83.3 cm³/mol. The van der Waals surface area contributed by atoms with Crippen LogP contribution in [0.25, 0.3) is 0 Å². The molecule has 0 aromatic heterocycles. The molecule has 122 valence electrons. The molecule has 2 N–H and O–H groups in total. The van der Waals surface area contributed by atoms with Gasteiger partial charge in [0.25, 0.3) is 0 Å². The van der Waals surface area contributed by atoms with E-state index in [1.807, 2.05) is 0 Å². The summed E-state index contributed by atoms with van der Waals surface area (Å²) in [6.45, 7) is 2.75. The molecule has 1 aliphatic heterocycles. The van der Waals surface area contributed by atoms with Gasteiger partial charge in [-0.15, -0.1) is 0 Å². The molecule has 8 heteroatoms. The largest absolute Gasteiger partial charge is 0.492 e. The van der Waals surface area contributed by atoms with Crippen LogP contribution in [0.1, 0.15) is 19.8 Å². The van der Waals surface area contributed by atoms with Crippen LogP contribution in [0.2, 0.25) is 5.02 Å². The van der Waals surface area contributed by atoms with Crippen LogP contribution >= 0.6 is 11.6 Å². The van der Waals surface area contributed by atoms with E-state index in [4.69, 9.17) is 22.1 Å². The van der Waals surface area contributed by atoms with Crippen molar-refractivity contribution in [3.63, 3.8) is 0 Å². The molecule has 0 atom stereocenters. The predicted octanol–water partition coefficient (Wildman–Crippen LogP) is 1.62. The molecular formula is C14H19ClN2O4S. The summed E-state index contributed by atoms with van der Waals surface area (Å²) < 4.78 is 32.0. The zero-order valence-corrected chi connectivity index (χ0v) is 13.9. The summed E-state index contributed by atoms with van der Waals surface area (Å²) in [6.07, 6.45) is 0.890. The third kappa shape index (κ3) is 3.53. The van der Waals surface area contributed by atoms with E-state index in [9.17, 15) is 13.2 Å². The first kappa shape index (κ1) is 17.1. The molecule has 0 spiro atoms. The van der Waals surface area contributed by atoms with Crippen molar-refractivity contribution >= 4 is 27.5 Å². The molecule has 1 amide bonds. The van der Waals surface area contributed by atoms with Gasteiger partial charge in [-0.3, -0.25) is 4.79 Å². The molecule has 6 nitrogen and oxygen atoms in total. The fourth-order valence-corrected chi connectivity index (χ4v) is 4.10. The van der Waals surface area contributed by atoms with Crippen LogP contribution in [0.4, 0.5) is 0 Å². The van der Waals surface area contributed by atoms with Crippen LogP contribution in [0.15, 0.2) is 23.1 Å². The highest BCUT2D eigenvalue weighted by Crippen LogP contribution is 2.30. The van der Waals surface area contributed by atoms with E-state index in [-0.39, 0.29) is 29.8 Å². The number of hydrogen-bond donors (Lipinski definition) is 1. The number of rotatable bonds is 5. The molecule has 2 rings (SSSR count). The zero-order valence-electron chi connectivity index (χ0n) is 12.3. The van der Waals surface area contributed by atoms with Gasteiger partial charge in [-0.05, 0) is 31.9 Å². The highest BCUT2D eigenvalue weighted by molar-refractivity contribution is 7.89. The van der Waals surface area contributed by atoms with Gasteiger partial charge >= 0.3 is 0 Å². The van der Waals surface area contributed by atoms with Crippen LogP contribution in [0.5, 0.6) is 5.75 Å².